The highest BCUT2D eigenvalue weighted by Gasteiger charge is 2.86. The van der Waals surface area contributed by atoms with Gasteiger partial charge in [0.1, 0.15) is 11.7 Å². The van der Waals surface area contributed by atoms with E-state index in [1.807, 2.05) is 0 Å². The van der Waals surface area contributed by atoms with Crippen LogP contribution in [0.3, 0.4) is 0 Å². The predicted octanol–water partition coefficient (Wildman–Crippen LogP) is -1.30. The molecule has 3 heterocycles. The Labute approximate surface area is 128 Å². The van der Waals surface area contributed by atoms with E-state index in [1.165, 1.54) is 6.92 Å². The van der Waals surface area contributed by atoms with Gasteiger partial charge < -0.3 is 35.0 Å². The highest BCUT2D eigenvalue weighted by atomic mass is 16.8. The molecule has 2 saturated carbocycles. The molecule has 7 heteroatoms. The molecule has 5 fully saturated rings. The molecule has 126 valence electrons. The Balaban J connectivity index is 2.06. The standard InChI is InChI=1S/C15H24O7/c1-7-8(16)4-14(19)11(2)6-21-10-9(17)13(7,14)5-15(20,22-10)12(11,3)18/h7-10,16-20H,4-6H2,1-3H3/t7-,8+,9+,10?,11+,12-,13+,14+,15-/m1/s1. The van der Waals surface area contributed by atoms with E-state index < -0.39 is 52.2 Å². The van der Waals surface area contributed by atoms with E-state index in [0.717, 1.165) is 0 Å². The zero-order chi connectivity index (χ0) is 16.3. The van der Waals surface area contributed by atoms with Crippen molar-refractivity contribution in [2.24, 2.45) is 16.7 Å². The Hall–Kier alpha value is -0.280. The predicted molar refractivity (Wildman–Crippen MR) is 72.3 cm³/mol. The van der Waals surface area contributed by atoms with Gasteiger partial charge in [-0.3, -0.25) is 0 Å². The Morgan fingerprint density at radius 1 is 1.09 bits per heavy atom. The Morgan fingerprint density at radius 3 is 2.36 bits per heavy atom. The minimum atomic E-state index is -1.95. The summed E-state index contributed by atoms with van der Waals surface area (Å²) in [5.41, 5.74) is -5.87. The van der Waals surface area contributed by atoms with Crippen LogP contribution < -0.4 is 0 Å². The summed E-state index contributed by atoms with van der Waals surface area (Å²) >= 11 is 0. The van der Waals surface area contributed by atoms with Crippen LogP contribution in [0, 0.1) is 16.7 Å². The average Bonchev–Trinajstić information content (AvgIpc) is 2.56. The summed E-state index contributed by atoms with van der Waals surface area (Å²) in [6, 6.07) is 0. The average molecular weight is 316 g/mol. The van der Waals surface area contributed by atoms with E-state index in [2.05, 4.69) is 0 Å². The fraction of sp³-hybridized carbons (Fsp3) is 1.00. The van der Waals surface area contributed by atoms with E-state index >= 15 is 0 Å². The Kier molecular flexibility index (Phi) is 2.56. The first-order valence-corrected chi connectivity index (χ1v) is 7.80. The van der Waals surface area contributed by atoms with Gasteiger partial charge in [-0.2, -0.15) is 0 Å². The SMILES string of the molecule is C[C@@H]1[C@@H](O)C[C@@]2(O)[C@@]13C[C@@]1(O)OC(OC[C@@]2(C)[C@@]1(C)O)[C@@H]3O. The van der Waals surface area contributed by atoms with Gasteiger partial charge in [-0.05, 0) is 12.8 Å². The highest BCUT2D eigenvalue weighted by molar-refractivity contribution is 5.32. The largest absolute Gasteiger partial charge is 0.393 e. The lowest BCUT2D eigenvalue weighted by atomic mass is 9.43. The molecule has 0 aromatic heterocycles. The molecule has 5 aliphatic rings. The molecule has 0 radical (unpaired) electrons. The van der Waals surface area contributed by atoms with Crippen LogP contribution >= 0.6 is 0 Å². The quantitative estimate of drug-likeness (QED) is 0.377. The van der Waals surface area contributed by atoms with Gasteiger partial charge in [-0.25, -0.2) is 0 Å². The summed E-state index contributed by atoms with van der Waals surface area (Å²) in [6.45, 7) is 4.72. The molecule has 5 rings (SSSR count). The van der Waals surface area contributed by atoms with Gasteiger partial charge in [0.15, 0.2) is 12.1 Å². The van der Waals surface area contributed by atoms with Crippen molar-refractivity contribution in [2.75, 3.05) is 6.61 Å². The third kappa shape index (κ3) is 1.14. The summed E-state index contributed by atoms with van der Waals surface area (Å²) in [5.74, 6) is -2.42. The first-order chi connectivity index (χ1) is 9.97. The van der Waals surface area contributed by atoms with Crippen molar-refractivity contribution < 1.29 is 35.0 Å². The van der Waals surface area contributed by atoms with Gasteiger partial charge >= 0.3 is 0 Å². The van der Waals surface area contributed by atoms with Crippen LogP contribution in [0.5, 0.6) is 0 Å². The normalized spacial score (nSPS) is 69.8. The van der Waals surface area contributed by atoms with Gasteiger partial charge in [-0.1, -0.05) is 13.8 Å². The zero-order valence-corrected chi connectivity index (χ0v) is 13.0. The van der Waals surface area contributed by atoms with E-state index in [1.54, 1.807) is 13.8 Å². The minimum absolute atomic E-state index is 0.0179. The van der Waals surface area contributed by atoms with Crippen molar-refractivity contribution in [1.82, 2.24) is 0 Å². The van der Waals surface area contributed by atoms with Crippen LogP contribution in [0.25, 0.3) is 0 Å². The number of hydrogen-bond acceptors (Lipinski definition) is 7. The van der Waals surface area contributed by atoms with Crippen LogP contribution in [0.2, 0.25) is 0 Å². The fourth-order valence-corrected chi connectivity index (χ4v) is 5.75. The van der Waals surface area contributed by atoms with E-state index in [9.17, 15) is 25.5 Å². The first kappa shape index (κ1) is 15.3. The lowest BCUT2D eigenvalue weighted by Crippen LogP contribution is -2.82. The first-order valence-electron chi connectivity index (χ1n) is 7.80. The van der Waals surface area contributed by atoms with Gasteiger partial charge in [0, 0.05) is 18.3 Å². The number of ether oxygens (including phenoxy) is 2. The topological polar surface area (TPSA) is 120 Å². The maximum Gasteiger partial charge on any atom is 0.199 e. The van der Waals surface area contributed by atoms with E-state index in [0.29, 0.717) is 0 Å². The second-order valence-electron chi connectivity index (χ2n) is 8.07. The summed E-state index contributed by atoms with van der Waals surface area (Å²) in [5, 5.41) is 54.9. The second kappa shape index (κ2) is 3.69. The van der Waals surface area contributed by atoms with Crippen molar-refractivity contribution in [1.29, 1.82) is 0 Å². The maximum atomic E-state index is 11.6. The van der Waals surface area contributed by atoms with Crippen LogP contribution in [0.4, 0.5) is 0 Å². The maximum absolute atomic E-state index is 11.6. The summed E-state index contributed by atoms with van der Waals surface area (Å²) in [6.07, 6.45) is -3.31. The summed E-state index contributed by atoms with van der Waals surface area (Å²) in [7, 11) is 0. The van der Waals surface area contributed by atoms with Crippen LogP contribution in [-0.4, -0.2) is 67.6 Å². The molecule has 1 unspecified atom stereocenters. The number of aliphatic hydroxyl groups is 5. The van der Waals surface area contributed by atoms with Crippen molar-refractivity contribution in [3.8, 4) is 0 Å². The molecule has 5 N–H and O–H groups in total. The van der Waals surface area contributed by atoms with Crippen LogP contribution in [0.15, 0.2) is 0 Å². The molecule has 7 nitrogen and oxygen atoms in total. The lowest BCUT2D eigenvalue weighted by molar-refractivity contribution is -0.448. The molecule has 0 aromatic carbocycles. The van der Waals surface area contributed by atoms with Crippen LogP contribution in [0.1, 0.15) is 33.6 Å². The van der Waals surface area contributed by atoms with Crippen molar-refractivity contribution in [2.45, 2.75) is 69.1 Å². The second-order valence-corrected chi connectivity index (χ2v) is 8.07. The molecule has 1 spiro atoms. The smallest absolute Gasteiger partial charge is 0.199 e. The summed E-state index contributed by atoms with van der Waals surface area (Å²) < 4.78 is 11.1. The van der Waals surface area contributed by atoms with Gasteiger partial charge in [0.05, 0.1) is 23.7 Å². The zero-order valence-electron chi connectivity index (χ0n) is 13.0. The monoisotopic (exact) mass is 316 g/mol. The van der Waals surface area contributed by atoms with Crippen molar-refractivity contribution in [3.63, 3.8) is 0 Å². The van der Waals surface area contributed by atoms with Gasteiger partial charge in [0.25, 0.3) is 0 Å². The highest BCUT2D eigenvalue weighted by Crippen LogP contribution is 2.74. The molecule has 4 bridgehead atoms. The number of fused-ring (bicyclic) bond motifs is 1. The molecule has 22 heavy (non-hydrogen) atoms. The summed E-state index contributed by atoms with van der Waals surface area (Å²) in [4.78, 5) is 0. The van der Waals surface area contributed by atoms with Gasteiger partial charge in [0.2, 0.25) is 0 Å². The molecule has 2 aliphatic carbocycles. The Bertz CT molecular complexity index is 538. The Morgan fingerprint density at radius 2 is 1.73 bits per heavy atom. The minimum Gasteiger partial charge on any atom is -0.393 e. The molecule has 0 amide bonds. The van der Waals surface area contributed by atoms with Crippen molar-refractivity contribution >= 4 is 0 Å². The van der Waals surface area contributed by atoms with Crippen molar-refractivity contribution in [3.05, 3.63) is 0 Å². The van der Waals surface area contributed by atoms with E-state index in [4.69, 9.17) is 9.47 Å². The molecule has 9 atom stereocenters. The molecule has 3 aliphatic heterocycles. The molecular formula is C15H24O7. The molecule has 3 saturated heterocycles. The van der Waals surface area contributed by atoms with Crippen LogP contribution in [-0.2, 0) is 9.47 Å². The lowest BCUT2D eigenvalue weighted by Gasteiger charge is -2.68. The number of aliphatic hydroxyl groups excluding tert-OH is 2. The number of hydrogen-bond donors (Lipinski definition) is 5. The third-order valence-corrected chi connectivity index (χ3v) is 7.58. The van der Waals surface area contributed by atoms with Gasteiger partial charge in [-0.15, -0.1) is 0 Å². The number of rotatable bonds is 0. The fourth-order valence-electron chi connectivity index (χ4n) is 5.75. The van der Waals surface area contributed by atoms with E-state index in [-0.39, 0.29) is 19.4 Å². The molecule has 0 aromatic rings. The molecular weight excluding hydrogens is 292 g/mol. The third-order valence-electron chi connectivity index (χ3n) is 7.58.